The second-order valence-corrected chi connectivity index (χ2v) is 9.97. The number of amides is 1. The molecule has 1 aromatic carbocycles. The van der Waals surface area contributed by atoms with Gasteiger partial charge in [-0.15, -0.1) is 0 Å². The molecular formula is C21H22N4O4S2. The van der Waals surface area contributed by atoms with Gasteiger partial charge in [0.05, 0.1) is 16.2 Å². The van der Waals surface area contributed by atoms with E-state index in [4.69, 9.17) is 4.52 Å². The molecule has 31 heavy (non-hydrogen) atoms. The van der Waals surface area contributed by atoms with E-state index < -0.39 is 10.0 Å². The molecule has 1 aliphatic rings. The number of hydrogen-bond acceptors (Lipinski definition) is 7. The van der Waals surface area contributed by atoms with Crippen molar-refractivity contribution in [2.75, 3.05) is 0 Å². The lowest BCUT2D eigenvalue weighted by molar-refractivity contribution is 0.0947. The molecule has 0 radical (unpaired) electrons. The molecule has 4 rings (SSSR count). The van der Waals surface area contributed by atoms with E-state index in [0.717, 1.165) is 29.9 Å². The average Bonchev–Trinajstić information content (AvgIpc) is 3.47. The molecule has 1 aliphatic carbocycles. The van der Waals surface area contributed by atoms with Crippen LogP contribution in [0, 0.1) is 6.92 Å². The van der Waals surface area contributed by atoms with E-state index in [0.29, 0.717) is 16.3 Å². The maximum absolute atomic E-state index is 12.7. The highest BCUT2D eigenvalue weighted by atomic mass is 32.2. The summed E-state index contributed by atoms with van der Waals surface area (Å²) in [5.74, 6) is 1.02. The Balaban J connectivity index is 1.36. The molecular weight excluding hydrogens is 436 g/mol. The third-order valence-electron chi connectivity index (χ3n) is 4.64. The fraction of sp³-hybridized carbons (Fsp3) is 0.286. The topological polar surface area (TPSA) is 114 Å². The molecule has 10 heteroatoms. The fourth-order valence-corrected chi connectivity index (χ4v) is 5.04. The van der Waals surface area contributed by atoms with Crippen LogP contribution in [-0.4, -0.2) is 30.5 Å². The molecule has 0 saturated heterocycles. The first kappa shape index (κ1) is 21.5. The van der Waals surface area contributed by atoms with Crippen molar-refractivity contribution in [2.24, 2.45) is 0 Å². The van der Waals surface area contributed by atoms with Crippen LogP contribution in [0.1, 0.15) is 40.2 Å². The molecule has 2 N–H and O–H groups in total. The van der Waals surface area contributed by atoms with Crippen molar-refractivity contribution in [1.29, 1.82) is 0 Å². The van der Waals surface area contributed by atoms with Crippen LogP contribution < -0.4 is 10.0 Å². The smallest absolute Gasteiger partial charge is 0.254 e. The van der Waals surface area contributed by atoms with Crippen molar-refractivity contribution in [3.63, 3.8) is 0 Å². The van der Waals surface area contributed by atoms with Gasteiger partial charge >= 0.3 is 0 Å². The zero-order chi connectivity index (χ0) is 21.8. The Kier molecular flexibility index (Phi) is 6.40. The number of nitrogens with zero attached hydrogens (tertiary/aromatic N) is 2. The van der Waals surface area contributed by atoms with Crippen molar-refractivity contribution < 1.29 is 17.7 Å². The quantitative estimate of drug-likeness (QED) is 0.474. The standard InChI is InChI=1S/C21H22N4O4S2/c1-14-11-17(24-29-14)13-30-21-19(3-2-10-22-21)20(26)23-12-15-4-8-18(9-5-15)31(27,28)25-16-6-7-16/h2-5,8-11,16,25H,6-7,12-13H2,1H3,(H,23,26). The number of thioether (sulfide) groups is 1. The Labute approximate surface area is 184 Å². The van der Waals surface area contributed by atoms with Crippen molar-refractivity contribution >= 4 is 27.7 Å². The minimum absolute atomic E-state index is 0.0591. The van der Waals surface area contributed by atoms with Gasteiger partial charge in [-0.1, -0.05) is 29.1 Å². The van der Waals surface area contributed by atoms with Crippen LogP contribution >= 0.6 is 11.8 Å². The number of nitrogens with one attached hydrogen (secondary N) is 2. The van der Waals surface area contributed by atoms with E-state index in [9.17, 15) is 13.2 Å². The molecule has 1 amide bonds. The summed E-state index contributed by atoms with van der Waals surface area (Å²) >= 11 is 1.41. The number of rotatable bonds is 9. The summed E-state index contributed by atoms with van der Waals surface area (Å²) < 4.78 is 32.2. The highest BCUT2D eigenvalue weighted by Gasteiger charge is 2.27. The number of carbonyl (C=O) groups excluding carboxylic acids is 1. The third kappa shape index (κ3) is 5.72. The highest BCUT2D eigenvalue weighted by molar-refractivity contribution is 7.98. The molecule has 1 saturated carbocycles. The summed E-state index contributed by atoms with van der Waals surface area (Å²) in [5, 5.41) is 7.43. The molecule has 1 fully saturated rings. The van der Waals surface area contributed by atoms with Gasteiger partial charge in [0.2, 0.25) is 10.0 Å². The first-order valence-corrected chi connectivity index (χ1v) is 12.3. The van der Waals surface area contributed by atoms with E-state index in [1.807, 2.05) is 13.0 Å². The van der Waals surface area contributed by atoms with Crippen molar-refractivity contribution in [3.8, 4) is 0 Å². The molecule has 8 nitrogen and oxygen atoms in total. The third-order valence-corrected chi connectivity index (χ3v) is 7.21. The zero-order valence-electron chi connectivity index (χ0n) is 16.9. The Morgan fingerprint density at radius 2 is 2.00 bits per heavy atom. The van der Waals surface area contributed by atoms with E-state index in [-0.39, 0.29) is 23.4 Å². The van der Waals surface area contributed by atoms with Crippen LogP contribution in [0.2, 0.25) is 0 Å². The lowest BCUT2D eigenvalue weighted by atomic mass is 10.2. The highest BCUT2D eigenvalue weighted by Crippen LogP contribution is 2.24. The summed E-state index contributed by atoms with van der Waals surface area (Å²) in [6.07, 6.45) is 3.41. The van der Waals surface area contributed by atoms with Gasteiger partial charge in [0.15, 0.2) is 0 Å². The summed E-state index contributed by atoms with van der Waals surface area (Å²) in [4.78, 5) is 17.2. The fourth-order valence-electron chi connectivity index (χ4n) is 2.86. The zero-order valence-corrected chi connectivity index (χ0v) is 18.5. The first-order valence-electron chi connectivity index (χ1n) is 9.80. The van der Waals surface area contributed by atoms with Gasteiger partial charge in [0, 0.05) is 30.6 Å². The van der Waals surface area contributed by atoms with Gasteiger partial charge in [-0.2, -0.15) is 0 Å². The summed E-state index contributed by atoms with van der Waals surface area (Å²) in [5.41, 5.74) is 2.06. The molecule has 3 aromatic rings. The molecule has 0 aliphatic heterocycles. The maximum atomic E-state index is 12.7. The lowest BCUT2D eigenvalue weighted by Gasteiger charge is -2.10. The largest absolute Gasteiger partial charge is 0.361 e. The van der Waals surface area contributed by atoms with Gasteiger partial charge < -0.3 is 9.84 Å². The Hall–Kier alpha value is -2.69. The first-order chi connectivity index (χ1) is 14.9. The van der Waals surface area contributed by atoms with Crippen molar-refractivity contribution in [2.45, 2.75) is 48.0 Å². The number of sulfonamides is 1. The second kappa shape index (κ2) is 9.21. The number of pyridine rings is 1. The number of hydrogen-bond donors (Lipinski definition) is 2. The van der Waals surface area contributed by atoms with Crippen molar-refractivity contribution in [3.05, 3.63) is 71.2 Å². The molecule has 0 unspecified atom stereocenters. The van der Waals surface area contributed by atoms with E-state index in [2.05, 4.69) is 20.2 Å². The molecule has 2 aromatic heterocycles. The average molecular weight is 459 g/mol. The minimum atomic E-state index is -3.48. The minimum Gasteiger partial charge on any atom is -0.361 e. The van der Waals surface area contributed by atoms with Crippen LogP contribution in [0.4, 0.5) is 0 Å². The van der Waals surface area contributed by atoms with Crippen LogP contribution in [0.15, 0.2) is 63.1 Å². The molecule has 0 atom stereocenters. The lowest BCUT2D eigenvalue weighted by Crippen LogP contribution is -2.26. The second-order valence-electron chi connectivity index (χ2n) is 7.30. The number of benzene rings is 1. The van der Waals surface area contributed by atoms with Gasteiger partial charge in [0.25, 0.3) is 5.91 Å². The summed E-state index contributed by atoms with van der Waals surface area (Å²) in [6.45, 7) is 2.10. The Bertz CT molecular complexity index is 1170. The van der Waals surface area contributed by atoms with E-state index in [1.165, 1.54) is 11.8 Å². The van der Waals surface area contributed by atoms with Gasteiger partial charge in [-0.05, 0) is 49.6 Å². The van der Waals surface area contributed by atoms with Crippen LogP contribution in [0.5, 0.6) is 0 Å². The predicted molar refractivity (Wildman–Crippen MR) is 116 cm³/mol. The number of aromatic nitrogens is 2. The van der Waals surface area contributed by atoms with E-state index >= 15 is 0 Å². The maximum Gasteiger partial charge on any atom is 0.254 e. The molecule has 0 bridgehead atoms. The monoisotopic (exact) mass is 458 g/mol. The number of carbonyl (C=O) groups is 1. The normalized spacial score (nSPS) is 13.8. The van der Waals surface area contributed by atoms with Crippen LogP contribution in [0.25, 0.3) is 0 Å². The Morgan fingerprint density at radius 3 is 2.68 bits per heavy atom. The summed E-state index contributed by atoms with van der Waals surface area (Å²) in [7, 11) is -3.48. The SMILES string of the molecule is Cc1cc(CSc2ncccc2C(=O)NCc2ccc(S(=O)(=O)NC3CC3)cc2)no1. The van der Waals surface area contributed by atoms with Gasteiger partial charge in [0.1, 0.15) is 10.8 Å². The summed E-state index contributed by atoms with van der Waals surface area (Å²) in [6, 6.07) is 11.9. The van der Waals surface area contributed by atoms with Crippen LogP contribution in [-0.2, 0) is 22.3 Å². The molecule has 162 valence electrons. The predicted octanol–water partition coefficient (Wildman–Crippen LogP) is 3.04. The molecule has 2 heterocycles. The van der Waals surface area contributed by atoms with Crippen LogP contribution in [0.3, 0.4) is 0 Å². The van der Waals surface area contributed by atoms with Gasteiger partial charge in [-0.25, -0.2) is 18.1 Å². The van der Waals surface area contributed by atoms with E-state index in [1.54, 1.807) is 42.6 Å². The van der Waals surface area contributed by atoms with Gasteiger partial charge in [-0.3, -0.25) is 4.79 Å². The van der Waals surface area contributed by atoms with Crippen molar-refractivity contribution in [1.82, 2.24) is 20.2 Å². The number of aryl methyl sites for hydroxylation is 1. The Morgan fingerprint density at radius 1 is 1.23 bits per heavy atom. The molecule has 0 spiro atoms.